The van der Waals surface area contributed by atoms with E-state index in [9.17, 15) is 0 Å². The lowest BCUT2D eigenvalue weighted by Crippen LogP contribution is -1.91. The molecule has 3 N–H and O–H groups in total. The average molecular weight is 163 g/mol. The number of nitrogens with zero attached hydrogens (tertiary/aromatic N) is 1. The minimum atomic E-state index is 0.628. The Morgan fingerprint density at radius 1 is 1.50 bits per heavy atom. The zero-order chi connectivity index (χ0) is 8.55. The molecule has 0 atom stereocenters. The minimum Gasteiger partial charge on any atom is -0.495 e. The molecule has 4 nitrogen and oxygen atoms in total. The van der Waals surface area contributed by atoms with Crippen molar-refractivity contribution in [2.75, 3.05) is 12.8 Å². The topological polar surface area (TPSA) is 63.9 Å². The highest BCUT2D eigenvalue weighted by Crippen LogP contribution is 2.28. The summed E-state index contributed by atoms with van der Waals surface area (Å²) >= 11 is 0. The molecule has 12 heavy (non-hydrogen) atoms. The number of aromatic amines is 1. The molecule has 4 heteroatoms. The van der Waals surface area contributed by atoms with Gasteiger partial charge in [-0.05, 0) is 12.1 Å². The summed E-state index contributed by atoms with van der Waals surface area (Å²) in [5.41, 5.74) is 7.34. The number of nitrogen functional groups attached to an aromatic ring is 1. The standard InChI is InChI=1S/C8H9N3O/c1-12-7-3-2-6-5(8(7)9)4-10-11-6/h2-4H,9H2,1H3,(H,10,11). The summed E-state index contributed by atoms with van der Waals surface area (Å²) in [6, 6.07) is 3.70. The van der Waals surface area contributed by atoms with Gasteiger partial charge in [0.1, 0.15) is 5.75 Å². The van der Waals surface area contributed by atoms with Gasteiger partial charge in [-0.15, -0.1) is 0 Å². The first kappa shape index (κ1) is 6.97. The monoisotopic (exact) mass is 163 g/mol. The second-order valence-electron chi connectivity index (χ2n) is 2.51. The van der Waals surface area contributed by atoms with E-state index in [-0.39, 0.29) is 0 Å². The first-order valence-electron chi connectivity index (χ1n) is 3.58. The van der Waals surface area contributed by atoms with E-state index < -0.39 is 0 Å². The number of benzene rings is 1. The Bertz CT molecular complexity index is 408. The number of hydrogen-bond acceptors (Lipinski definition) is 3. The minimum absolute atomic E-state index is 0.628. The van der Waals surface area contributed by atoms with E-state index in [0.717, 1.165) is 10.9 Å². The first-order valence-corrected chi connectivity index (χ1v) is 3.58. The Hall–Kier alpha value is -1.71. The van der Waals surface area contributed by atoms with Crippen LogP contribution in [0.5, 0.6) is 5.75 Å². The SMILES string of the molecule is COc1ccc2[nH]ncc2c1N. The van der Waals surface area contributed by atoms with Crippen molar-refractivity contribution in [3.05, 3.63) is 18.3 Å². The molecular weight excluding hydrogens is 154 g/mol. The van der Waals surface area contributed by atoms with Crippen molar-refractivity contribution in [1.29, 1.82) is 0 Å². The molecule has 2 aromatic rings. The summed E-state index contributed by atoms with van der Waals surface area (Å²) in [6.45, 7) is 0. The van der Waals surface area contributed by atoms with Crippen LogP contribution in [0.15, 0.2) is 18.3 Å². The molecule has 1 aromatic heterocycles. The van der Waals surface area contributed by atoms with Crippen molar-refractivity contribution < 1.29 is 4.74 Å². The van der Waals surface area contributed by atoms with Gasteiger partial charge in [-0.1, -0.05) is 0 Å². The summed E-state index contributed by atoms with van der Waals surface area (Å²) in [7, 11) is 1.59. The predicted octanol–water partition coefficient (Wildman–Crippen LogP) is 1.15. The third-order valence-electron chi connectivity index (χ3n) is 1.85. The largest absolute Gasteiger partial charge is 0.495 e. The van der Waals surface area contributed by atoms with Gasteiger partial charge in [0.05, 0.1) is 24.5 Å². The fraction of sp³-hybridized carbons (Fsp3) is 0.125. The fourth-order valence-corrected chi connectivity index (χ4v) is 1.20. The Morgan fingerprint density at radius 3 is 3.08 bits per heavy atom. The number of nitrogens with two attached hydrogens (primary N) is 1. The molecule has 0 unspecified atom stereocenters. The highest BCUT2D eigenvalue weighted by atomic mass is 16.5. The second-order valence-corrected chi connectivity index (χ2v) is 2.51. The van der Waals surface area contributed by atoms with E-state index in [0.29, 0.717) is 11.4 Å². The van der Waals surface area contributed by atoms with E-state index in [2.05, 4.69) is 10.2 Å². The van der Waals surface area contributed by atoms with Crippen LogP contribution in [0.4, 0.5) is 5.69 Å². The Morgan fingerprint density at radius 2 is 2.33 bits per heavy atom. The highest BCUT2D eigenvalue weighted by molar-refractivity contribution is 5.92. The van der Waals surface area contributed by atoms with Crippen molar-refractivity contribution in [3.8, 4) is 5.75 Å². The molecular formula is C8H9N3O. The number of methoxy groups -OCH3 is 1. The molecule has 0 spiro atoms. The molecule has 0 aliphatic heterocycles. The van der Waals surface area contributed by atoms with Gasteiger partial charge in [-0.2, -0.15) is 5.10 Å². The number of anilines is 1. The molecule has 0 aliphatic rings. The Balaban J connectivity index is 2.78. The van der Waals surface area contributed by atoms with Gasteiger partial charge in [0, 0.05) is 5.39 Å². The summed E-state index contributed by atoms with van der Waals surface area (Å²) < 4.78 is 5.06. The first-order chi connectivity index (χ1) is 5.83. The van der Waals surface area contributed by atoms with Crippen molar-refractivity contribution in [1.82, 2.24) is 10.2 Å². The number of nitrogens with one attached hydrogen (secondary N) is 1. The number of aromatic nitrogens is 2. The zero-order valence-corrected chi connectivity index (χ0v) is 6.66. The lowest BCUT2D eigenvalue weighted by atomic mass is 10.2. The molecule has 1 heterocycles. The zero-order valence-electron chi connectivity index (χ0n) is 6.66. The molecule has 1 aromatic carbocycles. The van der Waals surface area contributed by atoms with Gasteiger partial charge in [0.15, 0.2) is 0 Å². The number of rotatable bonds is 1. The normalized spacial score (nSPS) is 10.4. The van der Waals surface area contributed by atoms with Gasteiger partial charge in [-0.3, -0.25) is 5.10 Å². The van der Waals surface area contributed by atoms with Gasteiger partial charge >= 0.3 is 0 Å². The van der Waals surface area contributed by atoms with Crippen LogP contribution in [0.2, 0.25) is 0 Å². The van der Waals surface area contributed by atoms with E-state index in [1.165, 1.54) is 0 Å². The Labute approximate surface area is 69.3 Å². The third-order valence-corrected chi connectivity index (χ3v) is 1.85. The quantitative estimate of drug-likeness (QED) is 0.620. The van der Waals surface area contributed by atoms with Crippen molar-refractivity contribution in [3.63, 3.8) is 0 Å². The highest BCUT2D eigenvalue weighted by Gasteiger charge is 2.04. The van der Waals surface area contributed by atoms with Gasteiger partial charge < -0.3 is 10.5 Å². The second kappa shape index (κ2) is 2.41. The van der Waals surface area contributed by atoms with Crippen LogP contribution in [-0.4, -0.2) is 17.3 Å². The number of ether oxygens (including phenoxy) is 1. The molecule has 0 aliphatic carbocycles. The van der Waals surface area contributed by atoms with Crippen LogP contribution in [-0.2, 0) is 0 Å². The molecule has 0 amide bonds. The molecule has 62 valence electrons. The lowest BCUT2D eigenvalue weighted by Gasteiger charge is -2.03. The molecule has 0 saturated carbocycles. The van der Waals surface area contributed by atoms with Crippen LogP contribution in [0.3, 0.4) is 0 Å². The van der Waals surface area contributed by atoms with Crippen molar-refractivity contribution >= 4 is 16.6 Å². The van der Waals surface area contributed by atoms with E-state index in [1.54, 1.807) is 13.3 Å². The Kier molecular flexibility index (Phi) is 1.40. The average Bonchev–Trinajstić information content (AvgIpc) is 2.53. The van der Waals surface area contributed by atoms with Crippen LogP contribution in [0.1, 0.15) is 0 Å². The van der Waals surface area contributed by atoms with Crippen LogP contribution < -0.4 is 10.5 Å². The summed E-state index contributed by atoms with van der Waals surface area (Å²) in [4.78, 5) is 0. The molecule has 0 saturated heterocycles. The maximum absolute atomic E-state index is 5.79. The summed E-state index contributed by atoms with van der Waals surface area (Å²) in [5, 5.41) is 7.60. The van der Waals surface area contributed by atoms with Gasteiger partial charge in [0.25, 0.3) is 0 Å². The summed E-state index contributed by atoms with van der Waals surface area (Å²) in [6.07, 6.45) is 1.69. The van der Waals surface area contributed by atoms with Gasteiger partial charge in [0.2, 0.25) is 0 Å². The fourth-order valence-electron chi connectivity index (χ4n) is 1.20. The molecule has 0 bridgehead atoms. The van der Waals surface area contributed by atoms with Crippen LogP contribution in [0, 0.1) is 0 Å². The number of fused-ring (bicyclic) bond motifs is 1. The van der Waals surface area contributed by atoms with E-state index >= 15 is 0 Å². The molecule has 2 rings (SSSR count). The lowest BCUT2D eigenvalue weighted by molar-refractivity contribution is 0.417. The molecule has 0 fully saturated rings. The van der Waals surface area contributed by atoms with E-state index in [4.69, 9.17) is 10.5 Å². The summed E-state index contributed by atoms with van der Waals surface area (Å²) in [5.74, 6) is 0.684. The number of H-pyrrole nitrogens is 1. The van der Waals surface area contributed by atoms with Crippen LogP contribution >= 0.6 is 0 Å². The maximum Gasteiger partial charge on any atom is 0.142 e. The van der Waals surface area contributed by atoms with Crippen LogP contribution in [0.25, 0.3) is 10.9 Å². The molecule has 0 radical (unpaired) electrons. The van der Waals surface area contributed by atoms with Gasteiger partial charge in [-0.25, -0.2) is 0 Å². The maximum atomic E-state index is 5.79. The van der Waals surface area contributed by atoms with Crippen molar-refractivity contribution in [2.45, 2.75) is 0 Å². The number of hydrogen-bond donors (Lipinski definition) is 2. The van der Waals surface area contributed by atoms with E-state index in [1.807, 2.05) is 12.1 Å². The predicted molar refractivity (Wildman–Crippen MR) is 47.1 cm³/mol. The third kappa shape index (κ3) is 0.812. The smallest absolute Gasteiger partial charge is 0.142 e. The van der Waals surface area contributed by atoms with Crippen molar-refractivity contribution in [2.24, 2.45) is 0 Å².